The van der Waals surface area contributed by atoms with Gasteiger partial charge in [0.15, 0.2) is 0 Å². The van der Waals surface area contributed by atoms with Gasteiger partial charge in [0.1, 0.15) is 5.82 Å². The highest BCUT2D eigenvalue weighted by Crippen LogP contribution is 2.15. The second-order valence-corrected chi connectivity index (χ2v) is 7.55. The fraction of sp³-hybridized carbons (Fsp3) is 0.150. The molecule has 0 saturated heterocycles. The van der Waals surface area contributed by atoms with Crippen LogP contribution < -0.4 is 10.0 Å². The van der Waals surface area contributed by atoms with E-state index in [1.54, 1.807) is 42.6 Å². The second kappa shape index (κ2) is 8.49. The molecule has 0 aliphatic carbocycles. The van der Waals surface area contributed by atoms with Crippen molar-refractivity contribution in [3.05, 3.63) is 84.6 Å². The fourth-order valence-corrected chi connectivity index (χ4v) is 3.55. The maximum atomic E-state index is 12.3. The number of aryl methyl sites for hydroxylation is 1. The van der Waals surface area contributed by atoms with E-state index in [4.69, 9.17) is 0 Å². The van der Waals surface area contributed by atoms with Crippen molar-refractivity contribution >= 4 is 21.5 Å². The molecular weight excluding hydrogens is 346 g/mol. The summed E-state index contributed by atoms with van der Waals surface area (Å²) in [6.07, 6.45) is 3.65. The molecule has 134 valence electrons. The molecule has 0 aliphatic heterocycles. The quantitative estimate of drug-likeness (QED) is 0.592. The molecule has 26 heavy (non-hydrogen) atoms. The molecule has 0 saturated carbocycles. The summed E-state index contributed by atoms with van der Waals surface area (Å²) < 4.78 is 27.0. The van der Waals surface area contributed by atoms with Gasteiger partial charge in [0, 0.05) is 6.54 Å². The molecule has 3 rings (SSSR count). The maximum Gasteiger partial charge on any atom is 0.263 e. The Bertz CT molecular complexity index is 912. The summed E-state index contributed by atoms with van der Waals surface area (Å²) in [4.78, 5) is 4.39. The van der Waals surface area contributed by atoms with Crippen LogP contribution in [0.3, 0.4) is 0 Å². The number of hydrogen-bond donors (Lipinski definition) is 2. The highest BCUT2D eigenvalue weighted by molar-refractivity contribution is 7.92. The summed E-state index contributed by atoms with van der Waals surface area (Å²) in [6, 6.07) is 22.0. The molecule has 1 heterocycles. The lowest BCUT2D eigenvalue weighted by atomic mass is 10.1. The molecule has 3 aromatic rings. The topological polar surface area (TPSA) is 71.1 Å². The summed E-state index contributed by atoms with van der Waals surface area (Å²) in [7, 11) is -3.61. The first-order valence-corrected chi connectivity index (χ1v) is 9.93. The largest absolute Gasteiger partial charge is 0.384 e. The molecule has 0 amide bonds. The van der Waals surface area contributed by atoms with Crippen molar-refractivity contribution in [2.45, 2.75) is 17.7 Å². The first-order chi connectivity index (χ1) is 12.6. The third-order valence-electron chi connectivity index (χ3n) is 3.87. The Kier molecular flexibility index (Phi) is 5.86. The zero-order valence-corrected chi connectivity index (χ0v) is 15.1. The number of sulfonamides is 1. The van der Waals surface area contributed by atoms with E-state index < -0.39 is 10.0 Å². The van der Waals surface area contributed by atoms with Gasteiger partial charge in [-0.05, 0) is 42.7 Å². The number of nitrogens with one attached hydrogen (secondary N) is 2. The van der Waals surface area contributed by atoms with Gasteiger partial charge in [0.2, 0.25) is 0 Å². The van der Waals surface area contributed by atoms with Crippen LogP contribution in [0.15, 0.2) is 83.9 Å². The van der Waals surface area contributed by atoms with Crippen molar-refractivity contribution < 1.29 is 8.42 Å². The summed E-state index contributed by atoms with van der Waals surface area (Å²) in [6.45, 7) is 0.825. The Morgan fingerprint density at radius 2 is 1.54 bits per heavy atom. The van der Waals surface area contributed by atoms with Crippen molar-refractivity contribution in [1.29, 1.82) is 0 Å². The molecular formula is C20H21N3O2S. The van der Waals surface area contributed by atoms with Crippen LogP contribution in [-0.4, -0.2) is 19.9 Å². The zero-order chi connectivity index (χ0) is 18.2. The number of benzene rings is 2. The molecule has 6 heteroatoms. The summed E-state index contributed by atoms with van der Waals surface area (Å²) in [5.41, 5.74) is 2.18. The number of pyridine rings is 1. The van der Waals surface area contributed by atoms with Gasteiger partial charge in [-0.2, -0.15) is 0 Å². The van der Waals surface area contributed by atoms with Gasteiger partial charge in [-0.15, -0.1) is 0 Å². The van der Waals surface area contributed by atoms with Crippen LogP contribution in [0.25, 0.3) is 0 Å². The van der Waals surface area contributed by atoms with Crippen molar-refractivity contribution in [1.82, 2.24) is 4.98 Å². The highest BCUT2D eigenvalue weighted by Gasteiger charge is 2.13. The normalized spacial score (nSPS) is 11.1. The third-order valence-corrected chi connectivity index (χ3v) is 5.24. The van der Waals surface area contributed by atoms with Gasteiger partial charge < -0.3 is 5.32 Å². The molecule has 0 spiro atoms. The van der Waals surface area contributed by atoms with Crippen molar-refractivity contribution in [3.8, 4) is 0 Å². The van der Waals surface area contributed by atoms with Crippen LogP contribution in [0.1, 0.15) is 12.0 Å². The average Bonchev–Trinajstić information content (AvgIpc) is 2.68. The highest BCUT2D eigenvalue weighted by atomic mass is 32.2. The minimum absolute atomic E-state index is 0.213. The van der Waals surface area contributed by atoms with E-state index in [9.17, 15) is 8.42 Å². The maximum absolute atomic E-state index is 12.3. The minimum atomic E-state index is -3.61. The van der Waals surface area contributed by atoms with Gasteiger partial charge >= 0.3 is 0 Å². The first-order valence-electron chi connectivity index (χ1n) is 8.45. The lowest BCUT2D eigenvalue weighted by Crippen LogP contribution is -2.13. The van der Waals surface area contributed by atoms with Crippen molar-refractivity contribution in [2.24, 2.45) is 0 Å². The van der Waals surface area contributed by atoms with Gasteiger partial charge in [-0.1, -0.05) is 48.5 Å². The van der Waals surface area contributed by atoms with Crippen molar-refractivity contribution in [2.75, 3.05) is 16.6 Å². The average molecular weight is 367 g/mol. The number of nitrogens with zero attached hydrogens (tertiary/aromatic N) is 1. The lowest BCUT2D eigenvalue weighted by molar-refractivity contribution is 0.601. The number of hydrogen-bond acceptors (Lipinski definition) is 4. The van der Waals surface area contributed by atoms with Crippen molar-refractivity contribution in [3.63, 3.8) is 0 Å². The Morgan fingerprint density at radius 1 is 0.846 bits per heavy atom. The van der Waals surface area contributed by atoms with Crippen LogP contribution in [0.2, 0.25) is 0 Å². The summed E-state index contributed by atoms with van der Waals surface area (Å²) >= 11 is 0. The molecule has 0 fully saturated rings. The van der Waals surface area contributed by atoms with Crippen LogP contribution in [0.4, 0.5) is 11.5 Å². The second-order valence-electron chi connectivity index (χ2n) is 5.87. The van der Waals surface area contributed by atoms with Crippen LogP contribution in [-0.2, 0) is 16.4 Å². The molecule has 0 atom stereocenters. The molecule has 5 nitrogen and oxygen atoms in total. The Labute approximate surface area is 154 Å². The predicted molar refractivity (Wildman–Crippen MR) is 105 cm³/mol. The summed E-state index contributed by atoms with van der Waals surface area (Å²) in [5.74, 6) is 0.295. The Morgan fingerprint density at radius 3 is 2.19 bits per heavy atom. The number of anilines is 2. The van der Waals surface area contributed by atoms with E-state index >= 15 is 0 Å². The van der Waals surface area contributed by atoms with E-state index in [2.05, 4.69) is 27.2 Å². The Hall–Kier alpha value is -2.86. The molecule has 2 aromatic carbocycles. The van der Waals surface area contributed by atoms with Crippen LogP contribution in [0.5, 0.6) is 0 Å². The first kappa shape index (κ1) is 17.9. The fourth-order valence-electron chi connectivity index (χ4n) is 2.52. The molecule has 0 unspecified atom stereocenters. The number of rotatable bonds is 8. The van der Waals surface area contributed by atoms with Gasteiger partial charge in [0.05, 0.1) is 16.8 Å². The molecule has 0 bridgehead atoms. The molecule has 0 aliphatic rings. The van der Waals surface area contributed by atoms with E-state index in [-0.39, 0.29) is 4.90 Å². The standard InChI is InChI=1S/C20H21N3O2S/c24-26(25,19-11-5-2-6-12-19)23-20-14-13-18(16-22-20)21-15-7-10-17-8-3-1-4-9-17/h1-6,8-9,11-14,16,21H,7,10,15H2,(H,22,23). The van der Waals surface area contributed by atoms with E-state index in [1.165, 1.54) is 5.56 Å². The molecule has 2 N–H and O–H groups in total. The molecule has 0 radical (unpaired) electrons. The van der Waals surface area contributed by atoms with Crippen LogP contribution >= 0.6 is 0 Å². The van der Waals surface area contributed by atoms with Gasteiger partial charge in [-0.25, -0.2) is 13.4 Å². The molecule has 1 aromatic heterocycles. The summed E-state index contributed by atoms with van der Waals surface area (Å²) in [5, 5.41) is 3.30. The Balaban J connectivity index is 1.50. The lowest BCUT2D eigenvalue weighted by Gasteiger charge is -2.09. The van der Waals surface area contributed by atoms with E-state index in [1.807, 2.05) is 24.3 Å². The monoisotopic (exact) mass is 367 g/mol. The predicted octanol–water partition coefficient (Wildman–Crippen LogP) is 3.93. The third kappa shape index (κ3) is 5.07. The van der Waals surface area contributed by atoms with E-state index in [0.717, 1.165) is 25.1 Å². The minimum Gasteiger partial charge on any atom is -0.384 e. The van der Waals surface area contributed by atoms with Gasteiger partial charge in [-0.3, -0.25) is 4.72 Å². The SMILES string of the molecule is O=S(=O)(Nc1ccc(NCCCc2ccccc2)cn1)c1ccccc1. The van der Waals surface area contributed by atoms with Crippen LogP contribution in [0, 0.1) is 0 Å². The number of aromatic nitrogens is 1. The zero-order valence-electron chi connectivity index (χ0n) is 14.3. The van der Waals surface area contributed by atoms with Gasteiger partial charge in [0.25, 0.3) is 10.0 Å². The smallest absolute Gasteiger partial charge is 0.263 e. The van der Waals surface area contributed by atoms with E-state index in [0.29, 0.717) is 5.82 Å².